The number of rotatable bonds is 0. The normalized spacial score (nSPS) is 20.6. The van der Waals surface area contributed by atoms with Crippen molar-refractivity contribution in [2.24, 2.45) is 5.73 Å². The summed E-state index contributed by atoms with van der Waals surface area (Å²) in [6, 6.07) is 3.90. The van der Waals surface area contributed by atoms with Gasteiger partial charge in [0.1, 0.15) is 0 Å². The zero-order valence-electron chi connectivity index (χ0n) is 5.99. The molecule has 3 nitrogen and oxygen atoms in total. The van der Waals surface area contributed by atoms with Crippen LogP contribution in [0.15, 0.2) is 18.3 Å². The molecule has 0 saturated heterocycles. The predicted octanol–water partition coefficient (Wildman–Crippen LogP) is -1.51. The SMILES string of the molecule is NC1C=c2cccnc2=CN1. The molecule has 0 bridgehead atoms. The Morgan fingerprint density at radius 2 is 2.45 bits per heavy atom. The van der Waals surface area contributed by atoms with E-state index in [-0.39, 0.29) is 6.17 Å². The van der Waals surface area contributed by atoms with Crippen LogP contribution in [0, 0.1) is 0 Å². The summed E-state index contributed by atoms with van der Waals surface area (Å²) >= 11 is 0. The van der Waals surface area contributed by atoms with Crippen LogP contribution in [0.3, 0.4) is 0 Å². The second kappa shape index (κ2) is 2.36. The molecule has 0 spiro atoms. The molecule has 0 saturated carbocycles. The zero-order chi connectivity index (χ0) is 7.68. The molecule has 0 fully saturated rings. The summed E-state index contributed by atoms with van der Waals surface area (Å²) in [5.41, 5.74) is 5.62. The minimum atomic E-state index is -0.0771. The van der Waals surface area contributed by atoms with E-state index in [0.717, 1.165) is 10.6 Å². The van der Waals surface area contributed by atoms with Crippen LogP contribution in [-0.2, 0) is 0 Å². The molecule has 0 radical (unpaired) electrons. The van der Waals surface area contributed by atoms with E-state index >= 15 is 0 Å². The highest BCUT2D eigenvalue weighted by molar-refractivity contribution is 5.38. The number of pyridine rings is 1. The fourth-order valence-corrected chi connectivity index (χ4v) is 1.11. The number of nitrogens with zero attached hydrogens (tertiary/aromatic N) is 1. The van der Waals surface area contributed by atoms with Gasteiger partial charge in [0.2, 0.25) is 0 Å². The fraction of sp³-hybridized carbons (Fsp3) is 0.125. The van der Waals surface area contributed by atoms with Gasteiger partial charge in [0, 0.05) is 17.6 Å². The summed E-state index contributed by atoms with van der Waals surface area (Å²) < 4.78 is 0. The van der Waals surface area contributed by atoms with Crippen LogP contribution in [0.25, 0.3) is 12.3 Å². The highest BCUT2D eigenvalue weighted by Gasteiger charge is 1.98. The van der Waals surface area contributed by atoms with Crippen molar-refractivity contribution in [3.8, 4) is 0 Å². The number of nitrogens with one attached hydrogen (secondary N) is 1. The first kappa shape index (κ1) is 6.37. The molecule has 1 atom stereocenters. The van der Waals surface area contributed by atoms with E-state index in [1.165, 1.54) is 0 Å². The molecule has 56 valence electrons. The highest BCUT2D eigenvalue weighted by atomic mass is 15.0. The second-order valence-electron chi connectivity index (χ2n) is 2.48. The first-order valence-corrected chi connectivity index (χ1v) is 3.51. The summed E-state index contributed by atoms with van der Waals surface area (Å²) in [5, 5.41) is 5.02. The zero-order valence-corrected chi connectivity index (χ0v) is 5.99. The Labute approximate surface area is 64.3 Å². The Morgan fingerprint density at radius 1 is 1.55 bits per heavy atom. The molecule has 0 aromatic carbocycles. The molecule has 11 heavy (non-hydrogen) atoms. The summed E-state index contributed by atoms with van der Waals surface area (Å²) in [4.78, 5) is 4.15. The average Bonchev–Trinajstić information content (AvgIpc) is 2.04. The molecule has 1 aromatic rings. The Bertz CT molecular complexity index is 369. The van der Waals surface area contributed by atoms with Crippen molar-refractivity contribution in [1.29, 1.82) is 0 Å². The van der Waals surface area contributed by atoms with Crippen molar-refractivity contribution in [2.45, 2.75) is 6.17 Å². The van der Waals surface area contributed by atoms with E-state index in [1.807, 2.05) is 24.4 Å². The van der Waals surface area contributed by atoms with Crippen molar-refractivity contribution >= 4 is 12.3 Å². The van der Waals surface area contributed by atoms with Crippen LogP contribution in [-0.4, -0.2) is 11.1 Å². The Morgan fingerprint density at radius 3 is 3.36 bits per heavy atom. The lowest BCUT2D eigenvalue weighted by molar-refractivity contribution is 0.785. The number of fused-ring (bicyclic) bond motifs is 1. The van der Waals surface area contributed by atoms with Gasteiger partial charge in [-0.15, -0.1) is 0 Å². The molecular weight excluding hydrogens is 138 g/mol. The van der Waals surface area contributed by atoms with Crippen LogP contribution < -0.4 is 21.6 Å². The molecule has 0 amide bonds. The largest absolute Gasteiger partial charge is 0.371 e. The number of hydrogen-bond acceptors (Lipinski definition) is 3. The first-order valence-electron chi connectivity index (χ1n) is 3.51. The molecule has 3 heteroatoms. The maximum Gasteiger partial charge on any atom is 0.0941 e. The molecule has 2 rings (SSSR count). The molecular formula is C8H9N3. The van der Waals surface area contributed by atoms with Crippen LogP contribution in [0.5, 0.6) is 0 Å². The van der Waals surface area contributed by atoms with Crippen LogP contribution in [0.2, 0.25) is 0 Å². The molecule has 1 aliphatic rings. The number of nitrogens with two attached hydrogens (primary N) is 1. The van der Waals surface area contributed by atoms with Crippen molar-refractivity contribution in [3.05, 3.63) is 28.9 Å². The lowest BCUT2D eigenvalue weighted by atomic mass is 10.2. The minimum Gasteiger partial charge on any atom is -0.371 e. The monoisotopic (exact) mass is 147 g/mol. The Balaban J connectivity index is 2.73. The topological polar surface area (TPSA) is 50.9 Å². The third-order valence-corrected chi connectivity index (χ3v) is 1.64. The fourth-order valence-electron chi connectivity index (χ4n) is 1.11. The van der Waals surface area contributed by atoms with Crippen LogP contribution in [0.1, 0.15) is 0 Å². The molecule has 1 aliphatic heterocycles. The number of hydrogen-bond donors (Lipinski definition) is 2. The predicted molar refractivity (Wildman–Crippen MR) is 43.5 cm³/mol. The average molecular weight is 147 g/mol. The van der Waals surface area contributed by atoms with Gasteiger partial charge >= 0.3 is 0 Å². The summed E-state index contributed by atoms with van der Waals surface area (Å²) in [5.74, 6) is 0. The summed E-state index contributed by atoms with van der Waals surface area (Å²) in [7, 11) is 0. The molecule has 1 aromatic heterocycles. The minimum absolute atomic E-state index is 0.0771. The van der Waals surface area contributed by atoms with E-state index in [9.17, 15) is 0 Å². The van der Waals surface area contributed by atoms with Gasteiger partial charge in [0.15, 0.2) is 0 Å². The maximum absolute atomic E-state index is 5.62. The molecule has 3 N–H and O–H groups in total. The van der Waals surface area contributed by atoms with Crippen molar-refractivity contribution < 1.29 is 0 Å². The number of aromatic nitrogens is 1. The smallest absolute Gasteiger partial charge is 0.0941 e. The van der Waals surface area contributed by atoms with Crippen LogP contribution in [0.4, 0.5) is 0 Å². The maximum atomic E-state index is 5.62. The van der Waals surface area contributed by atoms with E-state index in [2.05, 4.69) is 10.3 Å². The van der Waals surface area contributed by atoms with Gasteiger partial charge in [-0.05, 0) is 12.1 Å². The van der Waals surface area contributed by atoms with Crippen LogP contribution >= 0.6 is 0 Å². The van der Waals surface area contributed by atoms with Gasteiger partial charge < -0.3 is 11.1 Å². The van der Waals surface area contributed by atoms with E-state index in [4.69, 9.17) is 5.73 Å². The molecule has 2 heterocycles. The van der Waals surface area contributed by atoms with Gasteiger partial charge in [-0.3, -0.25) is 4.98 Å². The van der Waals surface area contributed by atoms with Crippen molar-refractivity contribution in [1.82, 2.24) is 10.3 Å². The van der Waals surface area contributed by atoms with E-state index in [1.54, 1.807) is 6.20 Å². The quantitative estimate of drug-likeness (QED) is 0.469. The molecule has 0 aliphatic carbocycles. The van der Waals surface area contributed by atoms with Gasteiger partial charge in [-0.2, -0.15) is 0 Å². The van der Waals surface area contributed by atoms with E-state index in [0.29, 0.717) is 0 Å². The lowest BCUT2D eigenvalue weighted by Gasteiger charge is -2.09. The van der Waals surface area contributed by atoms with Crippen molar-refractivity contribution in [2.75, 3.05) is 0 Å². The van der Waals surface area contributed by atoms with E-state index < -0.39 is 0 Å². The third kappa shape index (κ3) is 1.10. The van der Waals surface area contributed by atoms with Gasteiger partial charge in [-0.1, -0.05) is 6.07 Å². The first-order chi connectivity index (χ1) is 5.36. The third-order valence-electron chi connectivity index (χ3n) is 1.64. The summed E-state index contributed by atoms with van der Waals surface area (Å²) in [6.07, 6.45) is 5.47. The molecule has 1 unspecified atom stereocenters. The Kier molecular flexibility index (Phi) is 1.36. The lowest BCUT2D eigenvalue weighted by Crippen LogP contribution is -2.43. The van der Waals surface area contributed by atoms with Gasteiger partial charge in [-0.25, -0.2) is 0 Å². The standard InChI is InChI=1S/C8H9N3/c9-8-4-6-2-1-3-10-7(6)5-11-8/h1-5,8,11H,9H2. The van der Waals surface area contributed by atoms with Gasteiger partial charge in [0.25, 0.3) is 0 Å². The Hall–Kier alpha value is -1.35. The highest BCUT2D eigenvalue weighted by Crippen LogP contribution is 1.77. The summed E-state index contributed by atoms with van der Waals surface area (Å²) in [6.45, 7) is 0. The second-order valence-corrected chi connectivity index (χ2v) is 2.48. The van der Waals surface area contributed by atoms with Gasteiger partial charge in [0.05, 0.1) is 11.5 Å². The van der Waals surface area contributed by atoms with Crippen molar-refractivity contribution in [3.63, 3.8) is 0 Å².